The van der Waals surface area contributed by atoms with Crippen LogP contribution >= 0.6 is 0 Å². The Hall–Kier alpha value is -1.71. The zero-order chi connectivity index (χ0) is 16.4. The van der Waals surface area contributed by atoms with Crippen molar-refractivity contribution in [1.82, 2.24) is 0 Å². The van der Waals surface area contributed by atoms with Gasteiger partial charge in [-0.05, 0) is 51.7 Å². The highest BCUT2D eigenvalue weighted by Crippen LogP contribution is 2.36. The summed E-state index contributed by atoms with van der Waals surface area (Å²) in [6, 6.07) is 5.89. The van der Waals surface area contributed by atoms with Gasteiger partial charge in [-0.1, -0.05) is 29.8 Å². The number of esters is 1. The molecule has 1 aromatic carbocycles. The monoisotopic (exact) mass is 308 g/mol. The fraction of sp³-hybridized carbons (Fsp3) is 0.500. The summed E-state index contributed by atoms with van der Waals surface area (Å²) in [6.07, 6.45) is 3.69. The molecule has 22 heavy (non-hydrogen) atoms. The predicted molar refractivity (Wildman–Crippen MR) is 81.8 cm³/mol. The standard InChI is InChI=1S/C18H22F2O2/c1-17(2,3)22-16(21)11-13-7-9-15(10-8-13)18(19,20)12-14-5-4-6-14/h7-10,12H,4-6,11H2,1-3H3. The topological polar surface area (TPSA) is 26.3 Å². The van der Waals surface area contributed by atoms with Crippen LogP contribution < -0.4 is 0 Å². The van der Waals surface area contributed by atoms with Crippen molar-refractivity contribution in [3.05, 3.63) is 47.0 Å². The second-order valence-electron chi connectivity index (χ2n) is 6.74. The molecule has 0 amide bonds. The maximum atomic E-state index is 14.1. The first kappa shape index (κ1) is 16.7. The smallest absolute Gasteiger partial charge is 0.310 e. The van der Waals surface area contributed by atoms with E-state index in [0.717, 1.165) is 30.9 Å². The molecule has 0 saturated heterocycles. The molecular formula is C18H22F2O2. The summed E-state index contributed by atoms with van der Waals surface area (Å²) in [5.41, 5.74) is 0.909. The van der Waals surface area contributed by atoms with Gasteiger partial charge < -0.3 is 4.74 Å². The fourth-order valence-corrected chi connectivity index (χ4v) is 2.25. The van der Waals surface area contributed by atoms with Crippen LogP contribution in [0.15, 0.2) is 35.9 Å². The van der Waals surface area contributed by atoms with Gasteiger partial charge >= 0.3 is 5.97 Å². The van der Waals surface area contributed by atoms with E-state index in [1.165, 1.54) is 12.1 Å². The van der Waals surface area contributed by atoms with Gasteiger partial charge in [0.05, 0.1) is 6.42 Å². The highest BCUT2D eigenvalue weighted by molar-refractivity contribution is 5.73. The molecule has 1 saturated carbocycles. The van der Waals surface area contributed by atoms with Gasteiger partial charge in [-0.2, -0.15) is 8.78 Å². The van der Waals surface area contributed by atoms with Gasteiger partial charge in [0.15, 0.2) is 0 Å². The first-order valence-electron chi connectivity index (χ1n) is 7.55. The summed E-state index contributed by atoms with van der Waals surface area (Å²) in [5, 5.41) is 0. The summed E-state index contributed by atoms with van der Waals surface area (Å²) in [5.74, 6) is -3.30. The fourth-order valence-electron chi connectivity index (χ4n) is 2.25. The number of allylic oxidation sites excluding steroid dienone is 2. The van der Waals surface area contributed by atoms with Crippen molar-refractivity contribution in [2.24, 2.45) is 0 Å². The molecule has 0 heterocycles. The summed E-state index contributed by atoms with van der Waals surface area (Å²) in [6.45, 7) is 5.38. The van der Waals surface area contributed by atoms with Crippen molar-refractivity contribution >= 4 is 5.97 Å². The van der Waals surface area contributed by atoms with Crippen LogP contribution in [0.5, 0.6) is 0 Å². The van der Waals surface area contributed by atoms with Gasteiger partial charge in [-0.3, -0.25) is 4.79 Å². The van der Waals surface area contributed by atoms with Crippen LogP contribution in [0.4, 0.5) is 8.78 Å². The minimum absolute atomic E-state index is 0.0418. The SMILES string of the molecule is CC(C)(C)OC(=O)Cc1ccc(C(F)(F)C=C2CCC2)cc1. The molecule has 120 valence electrons. The normalized spacial score (nSPS) is 15.2. The van der Waals surface area contributed by atoms with E-state index in [2.05, 4.69) is 0 Å². The summed E-state index contributed by atoms with van der Waals surface area (Å²) >= 11 is 0. The average molecular weight is 308 g/mol. The molecule has 0 atom stereocenters. The number of rotatable bonds is 4. The number of halogens is 2. The third-order valence-electron chi connectivity index (χ3n) is 3.49. The van der Waals surface area contributed by atoms with Crippen molar-refractivity contribution in [1.29, 1.82) is 0 Å². The van der Waals surface area contributed by atoms with Crippen molar-refractivity contribution in [3.63, 3.8) is 0 Å². The highest BCUT2D eigenvalue weighted by Gasteiger charge is 2.30. The van der Waals surface area contributed by atoms with E-state index in [9.17, 15) is 13.6 Å². The minimum Gasteiger partial charge on any atom is -0.460 e. The molecule has 0 unspecified atom stereocenters. The predicted octanol–water partition coefficient (Wildman–Crippen LogP) is 4.77. The zero-order valence-corrected chi connectivity index (χ0v) is 13.3. The van der Waals surface area contributed by atoms with Crippen molar-refractivity contribution in [2.45, 2.75) is 58.0 Å². The van der Waals surface area contributed by atoms with E-state index >= 15 is 0 Å². The first-order valence-corrected chi connectivity index (χ1v) is 7.55. The lowest BCUT2D eigenvalue weighted by molar-refractivity contribution is -0.153. The summed E-state index contributed by atoms with van der Waals surface area (Å²) < 4.78 is 33.4. The van der Waals surface area contributed by atoms with Crippen LogP contribution in [0.3, 0.4) is 0 Å². The van der Waals surface area contributed by atoms with Crippen molar-refractivity contribution < 1.29 is 18.3 Å². The van der Waals surface area contributed by atoms with Gasteiger partial charge in [-0.25, -0.2) is 0 Å². The Morgan fingerprint density at radius 2 is 1.77 bits per heavy atom. The maximum absolute atomic E-state index is 14.1. The lowest BCUT2D eigenvalue weighted by Gasteiger charge is -2.21. The Kier molecular flexibility index (Phi) is 4.69. The number of hydrogen-bond acceptors (Lipinski definition) is 2. The van der Waals surface area contributed by atoms with E-state index in [-0.39, 0.29) is 18.0 Å². The highest BCUT2D eigenvalue weighted by atomic mass is 19.3. The molecule has 0 aliphatic heterocycles. The molecule has 0 aromatic heterocycles. The molecule has 1 aliphatic carbocycles. The molecule has 4 heteroatoms. The number of benzene rings is 1. The molecular weight excluding hydrogens is 286 g/mol. The lowest BCUT2D eigenvalue weighted by atomic mass is 9.90. The molecule has 0 spiro atoms. The third kappa shape index (κ3) is 4.65. The van der Waals surface area contributed by atoms with Crippen molar-refractivity contribution in [2.75, 3.05) is 0 Å². The Morgan fingerprint density at radius 3 is 2.23 bits per heavy atom. The molecule has 1 aliphatic rings. The molecule has 2 nitrogen and oxygen atoms in total. The van der Waals surface area contributed by atoms with Gasteiger partial charge in [0.1, 0.15) is 5.60 Å². The van der Waals surface area contributed by atoms with Crippen molar-refractivity contribution in [3.8, 4) is 0 Å². The van der Waals surface area contributed by atoms with Gasteiger partial charge in [0.2, 0.25) is 0 Å². The second-order valence-corrected chi connectivity index (χ2v) is 6.74. The van der Waals surface area contributed by atoms with Crippen LogP contribution in [0.25, 0.3) is 0 Å². The second kappa shape index (κ2) is 6.19. The summed E-state index contributed by atoms with van der Waals surface area (Å²) in [7, 11) is 0. The Bertz CT molecular complexity index is 560. The van der Waals surface area contributed by atoms with Crippen LogP contribution in [0.2, 0.25) is 0 Å². The summed E-state index contributed by atoms with van der Waals surface area (Å²) in [4.78, 5) is 11.7. The number of carbonyl (C=O) groups excluding carboxylic acids is 1. The van der Waals surface area contributed by atoms with E-state index < -0.39 is 11.5 Å². The van der Waals surface area contributed by atoms with Gasteiger partial charge in [-0.15, -0.1) is 0 Å². The zero-order valence-electron chi connectivity index (χ0n) is 13.3. The molecule has 0 radical (unpaired) electrons. The molecule has 1 aromatic rings. The van der Waals surface area contributed by atoms with E-state index in [0.29, 0.717) is 5.56 Å². The molecule has 1 fully saturated rings. The molecule has 2 rings (SSSR count). The van der Waals surface area contributed by atoms with Crippen LogP contribution in [-0.2, 0) is 21.9 Å². The lowest BCUT2D eigenvalue weighted by Crippen LogP contribution is -2.24. The number of ether oxygens (including phenoxy) is 1. The van der Waals surface area contributed by atoms with Gasteiger partial charge in [0.25, 0.3) is 5.92 Å². The van der Waals surface area contributed by atoms with E-state index in [1.807, 2.05) is 0 Å². The Balaban J connectivity index is 2.02. The van der Waals surface area contributed by atoms with E-state index in [1.54, 1.807) is 32.9 Å². The third-order valence-corrected chi connectivity index (χ3v) is 3.49. The number of alkyl halides is 2. The maximum Gasteiger partial charge on any atom is 0.310 e. The number of hydrogen-bond donors (Lipinski definition) is 0. The van der Waals surface area contributed by atoms with Crippen LogP contribution in [0, 0.1) is 0 Å². The van der Waals surface area contributed by atoms with Crippen LogP contribution in [0.1, 0.15) is 51.2 Å². The minimum atomic E-state index is -2.94. The Morgan fingerprint density at radius 1 is 1.18 bits per heavy atom. The largest absolute Gasteiger partial charge is 0.460 e. The first-order chi connectivity index (χ1) is 10.2. The van der Waals surface area contributed by atoms with E-state index in [4.69, 9.17) is 4.74 Å². The van der Waals surface area contributed by atoms with Crippen LogP contribution in [-0.4, -0.2) is 11.6 Å². The molecule has 0 bridgehead atoms. The number of carbonyl (C=O) groups is 1. The molecule has 0 N–H and O–H groups in total. The average Bonchev–Trinajstić information content (AvgIpc) is 2.32. The van der Waals surface area contributed by atoms with Gasteiger partial charge in [0, 0.05) is 5.56 Å². The Labute approximate surface area is 130 Å². The quantitative estimate of drug-likeness (QED) is 0.591.